The highest BCUT2D eigenvalue weighted by atomic mass is 16.5. The van der Waals surface area contributed by atoms with Crippen LogP contribution in [0, 0.1) is 11.3 Å². The Bertz CT molecular complexity index is 1180. The first-order chi connectivity index (χ1) is 15.6. The van der Waals surface area contributed by atoms with Gasteiger partial charge in [-0.3, -0.25) is 9.59 Å². The van der Waals surface area contributed by atoms with Gasteiger partial charge in [0, 0.05) is 5.56 Å². The summed E-state index contributed by atoms with van der Waals surface area (Å²) in [5, 5.41) is 15.4. The number of hydrazone groups is 1. The third-order valence-electron chi connectivity index (χ3n) is 4.38. The van der Waals surface area contributed by atoms with Crippen molar-refractivity contribution < 1.29 is 14.3 Å². The van der Waals surface area contributed by atoms with E-state index < -0.39 is 11.8 Å². The van der Waals surface area contributed by atoms with E-state index in [-0.39, 0.29) is 5.70 Å². The average Bonchev–Trinajstić information content (AvgIpc) is 2.85. The maximum absolute atomic E-state index is 12.8. The summed E-state index contributed by atoms with van der Waals surface area (Å²) < 4.78 is 5.15. The molecule has 0 aliphatic heterocycles. The zero-order valence-electron chi connectivity index (χ0n) is 17.3. The van der Waals surface area contributed by atoms with Gasteiger partial charge in [0.25, 0.3) is 11.8 Å². The van der Waals surface area contributed by atoms with Crippen LogP contribution in [0.1, 0.15) is 27.0 Å². The van der Waals surface area contributed by atoms with E-state index in [4.69, 9.17) is 10.00 Å². The van der Waals surface area contributed by atoms with Crippen LogP contribution in [0.15, 0.2) is 89.7 Å². The van der Waals surface area contributed by atoms with Crippen LogP contribution in [-0.2, 0) is 4.79 Å². The lowest BCUT2D eigenvalue weighted by atomic mass is 10.1. The topological polar surface area (TPSA) is 104 Å². The van der Waals surface area contributed by atoms with Gasteiger partial charge in [0.05, 0.1) is 25.0 Å². The molecular formula is C25H20N4O3. The number of nitrogens with zero attached hydrogens (tertiary/aromatic N) is 2. The Balaban J connectivity index is 1.78. The molecule has 0 bridgehead atoms. The molecule has 0 aliphatic carbocycles. The molecule has 0 heterocycles. The number of rotatable bonds is 7. The summed E-state index contributed by atoms with van der Waals surface area (Å²) in [6, 6.07) is 24.4. The smallest absolute Gasteiger partial charge is 0.287 e. The van der Waals surface area contributed by atoms with E-state index in [1.165, 1.54) is 6.21 Å². The van der Waals surface area contributed by atoms with Gasteiger partial charge in [-0.25, -0.2) is 5.43 Å². The van der Waals surface area contributed by atoms with Crippen molar-refractivity contribution in [2.75, 3.05) is 7.11 Å². The molecule has 0 aliphatic rings. The summed E-state index contributed by atoms with van der Waals surface area (Å²) >= 11 is 0. The van der Waals surface area contributed by atoms with Gasteiger partial charge in [-0.1, -0.05) is 42.5 Å². The summed E-state index contributed by atoms with van der Waals surface area (Å²) in [4.78, 5) is 25.3. The fourth-order valence-corrected chi connectivity index (χ4v) is 2.68. The number of ether oxygens (including phenoxy) is 1. The zero-order valence-corrected chi connectivity index (χ0v) is 17.3. The Hall–Kier alpha value is -4.70. The van der Waals surface area contributed by atoms with Gasteiger partial charge in [-0.2, -0.15) is 10.4 Å². The van der Waals surface area contributed by atoms with E-state index in [2.05, 4.69) is 15.8 Å². The number of nitrogens with one attached hydrogen (secondary N) is 2. The second-order valence-electron chi connectivity index (χ2n) is 6.58. The molecule has 0 spiro atoms. The lowest BCUT2D eigenvalue weighted by Crippen LogP contribution is -2.32. The van der Waals surface area contributed by atoms with Crippen molar-refractivity contribution in [1.29, 1.82) is 5.26 Å². The molecule has 7 nitrogen and oxygen atoms in total. The van der Waals surface area contributed by atoms with E-state index in [0.29, 0.717) is 28.0 Å². The van der Waals surface area contributed by atoms with Crippen LogP contribution in [0.4, 0.5) is 0 Å². The van der Waals surface area contributed by atoms with Gasteiger partial charge in [-0.05, 0) is 53.6 Å². The Labute approximate surface area is 185 Å². The van der Waals surface area contributed by atoms with Crippen molar-refractivity contribution in [3.63, 3.8) is 0 Å². The maximum atomic E-state index is 12.8. The summed E-state index contributed by atoms with van der Waals surface area (Å²) in [6.45, 7) is 0. The standard InChI is InChI=1S/C25H20N4O3/c1-32-22-13-11-18(12-14-22)15-23(28-24(30)21-5-3-2-4-6-21)25(31)29-27-17-20-9-7-19(16-26)8-10-20/h2-15,17H,1H3,(H,28,30)(H,29,31)/b23-15-,27-17+. The molecule has 3 rings (SSSR count). The molecule has 7 heteroatoms. The second kappa shape index (κ2) is 10.9. The normalized spacial score (nSPS) is 10.9. The molecular weight excluding hydrogens is 404 g/mol. The number of hydrogen-bond acceptors (Lipinski definition) is 5. The van der Waals surface area contributed by atoms with Crippen LogP contribution >= 0.6 is 0 Å². The molecule has 158 valence electrons. The van der Waals surface area contributed by atoms with Gasteiger partial charge in [0.15, 0.2) is 0 Å². The fraction of sp³-hybridized carbons (Fsp3) is 0.0400. The number of amides is 2. The minimum Gasteiger partial charge on any atom is -0.497 e. The highest BCUT2D eigenvalue weighted by molar-refractivity contribution is 6.05. The fourth-order valence-electron chi connectivity index (χ4n) is 2.68. The van der Waals surface area contributed by atoms with Crippen molar-refractivity contribution in [2.45, 2.75) is 0 Å². The molecule has 3 aromatic rings. The Morgan fingerprint density at radius 3 is 2.22 bits per heavy atom. The molecule has 3 aromatic carbocycles. The molecule has 0 radical (unpaired) electrons. The number of nitriles is 1. The van der Waals surface area contributed by atoms with Crippen LogP contribution in [-0.4, -0.2) is 25.1 Å². The summed E-state index contributed by atoms with van der Waals surface area (Å²) in [7, 11) is 1.57. The Morgan fingerprint density at radius 1 is 0.938 bits per heavy atom. The molecule has 0 atom stereocenters. The molecule has 0 saturated carbocycles. The van der Waals surface area contributed by atoms with Crippen molar-refractivity contribution >= 4 is 24.1 Å². The van der Waals surface area contributed by atoms with E-state index in [1.54, 1.807) is 92.0 Å². The minimum atomic E-state index is -0.588. The van der Waals surface area contributed by atoms with Gasteiger partial charge < -0.3 is 10.1 Å². The van der Waals surface area contributed by atoms with Crippen LogP contribution in [0.3, 0.4) is 0 Å². The van der Waals surface area contributed by atoms with Gasteiger partial charge in [0.2, 0.25) is 0 Å². The van der Waals surface area contributed by atoms with Crippen LogP contribution in [0.2, 0.25) is 0 Å². The number of methoxy groups -OCH3 is 1. The predicted octanol–water partition coefficient (Wildman–Crippen LogP) is 3.49. The average molecular weight is 424 g/mol. The van der Waals surface area contributed by atoms with Crippen molar-refractivity contribution in [1.82, 2.24) is 10.7 Å². The number of benzene rings is 3. The summed E-state index contributed by atoms with van der Waals surface area (Å²) in [6.07, 6.45) is 3.00. The van der Waals surface area contributed by atoms with Crippen LogP contribution in [0.5, 0.6) is 5.75 Å². The van der Waals surface area contributed by atoms with Gasteiger partial charge >= 0.3 is 0 Å². The highest BCUT2D eigenvalue weighted by Crippen LogP contribution is 2.14. The quantitative estimate of drug-likeness (QED) is 0.344. The first-order valence-electron chi connectivity index (χ1n) is 9.65. The monoisotopic (exact) mass is 424 g/mol. The molecule has 0 aromatic heterocycles. The molecule has 2 amide bonds. The van der Waals surface area contributed by atoms with E-state index in [9.17, 15) is 9.59 Å². The maximum Gasteiger partial charge on any atom is 0.287 e. The van der Waals surface area contributed by atoms with Crippen molar-refractivity contribution in [3.05, 3.63) is 107 Å². The van der Waals surface area contributed by atoms with Gasteiger partial charge in [-0.15, -0.1) is 0 Å². The first kappa shape index (κ1) is 22.0. The van der Waals surface area contributed by atoms with Gasteiger partial charge in [0.1, 0.15) is 11.4 Å². The predicted molar refractivity (Wildman–Crippen MR) is 122 cm³/mol. The third kappa shape index (κ3) is 6.15. The lowest BCUT2D eigenvalue weighted by molar-refractivity contribution is -0.117. The SMILES string of the molecule is COc1ccc(/C=C(\NC(=O)c2ccccc2)C(=O)N/N=C/c2ccc(C#N)cc2)cc1. The highest BCUT2D eigenvalue weighted by Gasteiger charge is 2.14. The molecule has 0 unspecified atom stereocenters. The van der Waals surface area contributed by atoms with E-state index >= 15 is 0 Å². The molecule has 2 N–H and O–H groups in total. The Morgan fingerprint density at radius 2 is 1.59 bits per heavy atom. The molecule has 0 saturated heterocycles. The van der Waals surface area contributed by atoms with Crippen LogP contribution in [0.25, 0.3) is 6.08 Å². The molecule has 0 fully saturated rings. The first-order valence-corrected chi connectivity index (χ1v) is 9.65. The summed E-state index contributed by atoms with van der Waals surface area (Å²) in [5.74, 6) is -0.333. The number of carbonyl (C=O) groups is 2. The van der Waals surface area contributed by atoms with Crippen molar-refractivity contribution in [2.24, 2.45) is 5.10 Å². The van der Waals surface area contributed by atoms with E-state index in [1.807, 2.05) is 6.07 Å². The number of carbonyl (C=O) groups excluding carboxylic acids is 2. The van der Waals surface area contributed by atoms with Crippen LogP contribution < -0.4 is 15.5 Å². The number of hydrogen-bond donors (Lipinski definition) is 2. The lowest BCUT2D eigenvalue weighted by Gasteiger charge is -2.09. The molecule has 32 heavy (non-hydrogen) atoms. The Kier molecular flexibility index (Phi) is 7.49. The second-order valence-corrected chi connectivity index (χ2v) is 6.58. The third-order valence-corrected chi connectivity index (χ3v) is 4.38. The largest absolute Gasteiger partial charge is 0.497 e. The zero-order chi connectivity index (χ0) is 22.8. The minimum absolute atomic E-state index is 0.0287. The summed E-state index contributed by atoms with van der Waals surface area (Å²) in [5.41, 5.74) is 4.79. The van der Waals surface area contributed by atoms with E-state index in [0.717, 1.165) is 0 Å². The van der Waals surface area contributed by atoms with Crippen molar-refractivity contribution in [3.8, 4) is 11.8 Å².